The number of anilines is 1. The van der Waals surface area contributed by atoms with Crippen LogP contribution in [0.5, 0.6) is 0 Å². The molecule has 0 radical (unpaired) electrons. The fourth-order valence-electron chi connectivity index (χ4n) is 1.72. The van der Waals surface area contributed by atoms with Gasteiger partial charge in [0, 0.05) is 5.69 Å². The van der Waals surface area contributed by atoms with E-state index in [9.17, 15) is 14.0 Å². The van der Waals surface area contributed by atoms with Gasteiger partial charge in [-0.1, -0.05) is 0 Å². The van der Waals surface area contributed by atoms with Crippen molar-refractivity contribution in [3.8, 4) is 0 Å². The van der Waals surface area contributed by atoms with E-state index in [4.69, 9.17) is 0 Å². The van der Waals surface area contributed by atoms with E-state index in [1.54, 1.807) is 17.9 Å². The largest absolute Gasteiger partial charge is 0.353 e. The summed E-state index contributed by atoms with van der Waals surface area (Å²) in [6.07, 6.45) is 0. The molecule has 16 heavy (non-hydrogen) atoms. The predicted octanol–water partition coefficient (Wildman–Crippen LogP) is 0.597. The van der Waals surface area contributed by atoms with Crippen LogP contribution in [-0.2, 0) is 9.59 Å². The van der Waals surface area contributed by atoms with Crippen LogP contribution in [0.15, 0.2) is 18.2 Å². The topological polar surface area (TPSA) is 49.4 Å². The van der Waals surface area contributed by atoms with E-state index in [1.165, 1.54) is 12.1 Å². The molecule has 1 aromatic rings. The third kappa shape index (κ3) is 2.18. The van der Waals surface area contributed by atoms with Gasteiger partial charge in [0.25, 0.3) is 0 Å². The highest BCUT2D eigenvalue weighted by molar-refractivity contribution is 6.02. The molecule has 1 aliphatic heterocycles. The monoisotopic (exact) mass is 222 g/mol. The first-order valence-corrected chi connectivity index (χ1v) is 4.89. The molecule has 1 aliphatic rings. The Morgan fingerprint density at radius 1 is 1.19 bits per heavy atom. The summed E-state index contributed by atoms with van der Waals surface area (Å²) in [6, 6.07) is 4.46. The zero-order valence-electron chi connectivity index (χ0n) is 8.79. The molecular formula is C11H11FN2O2. The molecule has 2 rings (SSSR count). The van der Waals surface area contributed by atoms with E-state index < -0.39 is 0 Å². The van der Waals surface area contributed by atoms with Crippen molar-refractivity contribution in [2.45, 2.75) is 6.92 Å². The van der Waals surface area contributed by atoms with Gasteiger partial charge in [-0.3, -0.25) is 14.9 Å². The first-order chi connectivity index (χ1) is 7.54. The number of nitrogens with zero attached hydrogens (tertiary/aromatic N) is 1. The fraction of sp³-hybridized carbons (Fsp3) is 0.273. The summed E-state index contributed by atoms with van der Waals surface area (Å²) in [6.45, 7) is 1.92. The van der Waals surface area contributed by atoms with Crippen LogP contribution in [-0.4, -0.2) is 24.9 Å². The van der Waals surface area contributed by atoms with Crippen LogP contribution in [0.4, 0.5) is 10.1 Å². The van der Waals surface area contributed by atoms with Gasteiger partial charge in [0.2, 0.25) is 11.8 Å². The van der Waals surface area contributed by atoms with Crippen molar-refractivity contribution < 1.29 is 14.0 Å². The Morgan fingerprint density at radius 2 is 1.81 bits per heavy atom. The summed E-state index contributed by atoms with van der Waals surface area (Å²) in [4.78, 5) is 23.9. The fourth-order valence-corrected chi connectivity index (χ4v) is 1.72. The zero-order chi connectivity index (χ0) is 11.7. The van der Waals surface area contributed by atoms with Crippen molar-refractivity contribution >= 4 is 17.5 Å². The quantitative estimate of drug-likeness (QED) is 0.708. The highest BCUT2D eigenvalue weighted by Crippen LogP contribution is 2.18. The zero-order valence-corrected chi connectivity index (χ0v) is 8.79. The number of nitrogens with one attached hydrogen (secondary N) is 1. The summed E-state index contributed by atoms with van der Waals surface area (Å²) in [5.41, 5.74) is 1.31. The number of hydrogen-bond donors (Lipinski definition) is 1. The molecular weight excluding hydrogens is 211 g/mol. The molecule has 1 heterocycles. The van der Waals surface area contributed by atoms with Gasteiger partial charge in [-0.15, -0.1) is 0 Å². The molecule has 1 fully saturated rings. The Balaban J connectivity index is 2.29. The van der Waals surface area contributed by atoms with E-state index in [0.29, 0.717) is 5.69 Å². The molecule has 0 aromatic heterocycles. The Bertz CT molecular complexity index is 423. The van der Waals surface area contributed by atoms with Gasteiger partial charge in [0.05, 0.1) is 13.1 Å². The van der Waals surface area contributed by atoms with Gasteiger partial charge in [-0.25, -0.2) is 4.39 Å². The van der Waals surface area contributed by atoms with Crippen LogP contribution in [0.25, 0.3) is 0 Å². The number of benzene rings is 1. The third-order valence-electron chi connectivity index (χ3n) is 2.34. The number of hydrogen-bond acceptors (Lipinski definition) is 3. The van der Waals surface area contributed by atoms with E-state index in [-0.39, 0.29) is 30.7 Å². The maximum absolute atomic E-state index is 13.2. The minimum Gasteiger partial charge on any atom is -0.353 e. The second-order valence-corrected chi connectivity index (χ2v) is 3.81. The minimum absolute atomic E-state index is 0.0780. The van der Waals surface area contributed by atoms with Crippen LogP contribution in [0.1, 0.15) is 5.56 Å². The maximum atomic E-state index is 13.2. The lowest BCUT2D eigenvalue weighted by molar-refractivity contribution is -0.130. The van der Waals surface area contributed by atoms with Gasteiger partial charge >= 0.3 is 0 Å². The van der Waals surface area contributed by atoms with Crippen LogP contribution in [0, 0.1) is 12.7 Å². The first kappa shape index (κ1) is 10.6. The van der Waals surface area contributed by atoms with E-state index in [2.05, 4.69) is 5.32 Å². The second-order valence-electron chi connectivity index (χ2n) is 3.81. The summed E-state index contributed by atoms with van der Waals surface area (Å²) in [5.74, 6) is -1.09. The SMILES string of the molecule is Cc1cc(F)cc(N2CC(=O)NC(=O)C2)c1. The molecule has 5 heteroatoms. The minimum atomic E-state index is -0.367. The van der Waals surface area contributed by atoms with Crippen LogP contribution in [0.3, 0.4) is 0 Å². The van der Waals surface area contributed by atoms with Crippen molar-refractivity contribution in [1.29, 1.82) is 0 Å². The standard InChI is InChI=1S/C11H11FN2O2/c1-7-2-8(12)4-9(3-7)14-5-10(15)13-11(16)6-14/h2-4H,5-6H2,1H3,(H,13,15,16). The number of carbonyl (C=O) groups is 2. The van der Waals surface area contributed by atoms with Crippen LogP contribution < -0.4 is 10.2 Å². The lowest BCUT2D eigenvalue weighted by atomic mass is 10.2. The summed E-state index contributed by atoms with van der Waals surface area (Å²) >= 11 is 0. The summed E-state index contributed by atoms with van der Waals surface area (Å²) in [7, 11) is 0. The number of aryl methyl sites for hydroxylation is 1. The molecule has 1 N–H and O–H groups in total. The number of halogens is 1. The Labute approximate surface area is 92.0 Å². The number of rotatable bonds is 1. The first-order valence-electron chi connectivity index (χ1n) is 4.89. The van der Waals surface area contributed by atoms with Crippen molar-refractivity contribution in [1.82, 2.24) is 5.32 Å². The van der Waals surface area contributed by atoms with E-state index >= 15 is 0 Å². The molecule has 4 nitrogen and oxygen atoms in total. The molecule has 1 saturated heterocycles. The molecule has 0 saturated carbocycles. The Hall–Kier alpha value is -1.91. The average Bonchev–Trinajstić information content (AvgIpc) is 2.14. The number of imide groups is 1. The molecule has 84 valence electrons. The molecule has 0 unspecified atom stereocenters. The van der Waals surface area contributed by atoms with Crippen molar-refractivity contribution in [2.24, 2.45) is 0 Å². The van der Waals surface area contributed by atoms with E-state index in [0.717, 1.165) is 5.56 Å². The Morgan fingerprint density at radius 3 is 2.38 bits per heavy atom. The van der Waals surface area contributed by atoms with Crippen molar-refractivity contribution in [3.05, 3.63) is 29.6 Å². The number of piperazine rings is 1. The smallest absolute Gasteiger partial charge is 0.246 e. The lowest BCUT2D eigenvalue weighted by Crippen LogP contribution is -2.51. The van der Waals surface area contributed by atoms with Gasteiger partial charge in [-0.05, 0) is 30.7 Å². The molecule has 0 atom stereocenters. The van der Waals surface area contributed by atoms with Gasteiger partial charge in [-0.2, -0.15) is 0 Å². The predicted molar refractivity (Wildman–Crippen MR) is 56.5 cm³/mol. The maximum Gasteiger partial charge on any atom is 0.246 e. The molecule has 0 bridgehead atoms. The number of amides is 2. The van der Waals surface area contributed by atoms with Gasteiger partial charge < -0.3 is 4.90 Å². The highest BCUT2D eigenvalue weighted by atomic mass is 19.1. The second kappa shape index (κ2) is 3.92. The molecule has 1 aromatic carbocycles. The van der Waals surface area contributed by atoms with E-state index in [1.807, 2.05) is 0 Å². The highest BCUT2D eigenvalue weighted by Gasteiger charge is 2.22. The van der Waals surface area contributed by atoms with Crippen molar-refractivity contribution in [3.63, 3.8) is 0 Å². The van der Waals surface area contributed by atoms with Gasteiger partial charge in [0.1, 0.15) is 5.82 Å². The average molecular weight is 222 g/mol. The molecule has 0 spiro atoms. The third-order valence-corrected chi connectivity index (χ3v) is 2.34. The number of carbonyl (C=O) groups excluding carboxylic acids is 2. The normalized spacial score (nSPS) is 16.2. The molecule has 2 amide bonds. The Kier molecular flexibility index (Phi) is 2.60. The van der Waals surface area contributed by atoms with Gasteiger partial charge in [0.15, 0.2) is 0 Å². The lowest BCUT2D eigenvalue weighted by Gasteiger charge is -2.27. The summed E-state index contributed by atoms with van der Waals surface area (Å²) in [5, 5.41) is 2.19. The van der Waals surface area contributed by atoms with Crippen molar-refractivity contribution in [2.75, 3.05) is 18.0 Å². The summed E-state index contributed by atoms with van der Waals surface area (Å²) < 4.78 is 13.2. The van der Waals surface area contributed by atoms with Crippen LogP contribution in [0.2, 0.25) is 0 Å². The van der Waals surface area contributed by atoms with Crippen LogP contribution >= 0.6 is 0 Å². The molecule has 0 aliphatic carbocycles.